The van der Waals surface area contributed by atoms with Gasteiger partial charge in [0.15, 0.2) is 0 Å². The van der Waals surface area contributed by atoms with Crippen LogP contribution in [0.5, 0.6) is 0 Å². The maximum Gasteiger partial charge on any atom is 0.0787 e. The van der Waals surface area contributed by atoms with Gasteiger partial charge in [-0.1, -0.05) is 19.1 Å². The molecule has 0 heterocycles. The molecule has 0 radical (unpaired) electrons. The predicted molar refractivity (Wildman–Crippen MR) is 72.3 cm³/mol. The van der Waals surface area contributed by atoms with Crippen LogP contribution in [0, 0.1) is 11.3 Å². The van der Waals surface area contributed by atoms with Gasteiger partial charge in [-0.25, -0.2) is 0 Å². The van der Waals surface area contributed by atoms with Gasteiger partial charge in [-0.2, -0.15) is 5.26 Å². The van der Waals surface area contributed by atoms with Gasteiger partial charge in [0.1, 0.15) is 0 Å². The average molecular weight is 244 g/mol. The fourth-order valence-electron chi connectivity index (χ4n) is 2.20. The van der Waals surface area contributed by atoms with Gasteiger partial charge in [0.2, 0.25) is 0 Å². The zero-order valence-corrected chi connectivity index (χ0v) is 10.8. The average Bonchev–Trinajstić information content (AvgIpc) is 3.24. The molecule has 2 rings (SSSR count). The second-order valence-corrected chi connectivity index (χ2v) is 4.85. The highest BCUT2D eigenvalue weighted by atomic mass is 16.3. The van der Waals surface area contributed by atoms with Crippen molar-refractivity contribution in [3.63, 3.8) is 0 Å². The van der Waals surface area contributed by atoms with Crippen molar-refractivity contribution in [3.8, 4) is 6.07 Å². The van der Waals surface area contributed by atoms with Gasteiger partial charge in [0.25, 0.3) is 0 Å². The lowest BCUT2D eigenvalue weighted by Crippen LogP contribution is -2.26. The molecule has 18 heavy (non-hydrogen) atoms. The van der Waals surface area contributed by atoms with Gasteiger partial charge in [-0.15, -0.1) is 0 Å². The van der Waals surface area contributed by atoms with E-state index in [0.717, 1.165) is 18.5 Å². The summed E-state index contributed by atoms with van der Waals surface area (Å²) in [6.07, 6.45) is 3.39. The van der Waals surface area contributed by atoms with Crippen molar-refractivity contribution in [2.75, 3.05) is 11.4 Å². The Bertz CT molecular complexity index is 417. The number of benzene rings is 1. The van der Waals surface area contributed by atoms with E-state index in [1.54, 1.807) is 0 Å². The summed E-state index contributed by atoms with van der Waals surface area (Å²) in [6, 6.07) is 10.9. The molecule has 1 N–H and O–H groups in total. The Morgan fingerprint density at radius 2 is 2.06 bits per heavy atom. The van der Waals surface area contributed by atoms with E-state index in [-0.39, 0.29) is 6.10 Å². The fraction of sp³-hybridized carbons (Fsp3) is 0.533. The zero-order chi connectivity index (χ0) is 13.0. The molecule has 0 aromatic heterocycles. The quantitative estimate of drug-likeness (QED) is 0.836. The molecular weight excluding hydrogens is 224 g/mol. The Labute approximate surface area is 109 Å². The summed E-state index contributed by atoms with van der Waals surface area (Å²) in [5.41, 5.74) is 2.14. The molecule has 1 fully saturated rings. The van der Waals surface area contributed by atoms with E-state index in [4.69, 9.17) is 5.26 Å². The third-order valence-electron chi connectivity index (χ3n) is 3.45. The fourth-order valence-corrected chi connectivity index (χ4v) is 2.20. The normalized spacial score (nSPS) is 16.1. The number of rotatable bonds is 6. The maximum absolute atomic E-state index is 9.77. The van der Waals surface area contributed by atoms with Crippen LogP contribution in [0.4, 0.5) is 5.69 Å². The number of aliphatic hydroxyl groups excluding tert-OH is 1. The van der Waals surface area contributed by atoms with E-state index >= 15 is 0 Å². The summed E-state index contributed by atoms with van der Waals surface area (Å²) in [4.78, 5) is 2.31. The van der Waals surface area contributed by atoms with Crippen molar-refractivity contribution in [1.29, 1.82) is 5.26 Å². The van der Waals surface area contributed by atoms with Crippen LogP contribution in [-0.4, -0.2) is 17.7 Å². The summed E-state index contributed by atoms with van der Waals surface area (Å²) in [6.45, 7) is 2.78. The van der Waals surface area contributed by atoms with E-state index in [2.05, 4.69) is 23.1 Å². The molecule has 1 atom stereocenters. The van der Waals surface area contributed by atoms with Crippen LogP contribution in [-0.2, 0) is 0 Å². The van der Waals surface area contributed by atoms with Crippen molar-refractivity contribution in [1.82, 2.24) is 0 Å². The Kier molecular flexibility index (Phi) is 4.22. The minimum atomic E-state index is -0.368. The molecule has 0 aliphatic heterocycles. The van der Waals surface area contributed by atoms with Crippen molar-refractivity contribution in [3.05, 3.63) is 29.8 Å². The Morgan fingerprint density at radius 1 is 1.39 bits per heavy atom. The minimum Gasteiger partial charge on any atom is -0.388 e. The summed E-state index contributed by atoms with van der Waals surface area (Å²) in [7, 11) is 0. The SMILES string of the molecule is CC[C@H](O)c1ccc(N(CCC#N)C2CC2)cc1. The van der Waals surface area contributed by atoms with Crippen LogP contribution in [0.25, 0.3) is 0 Å². The van der Waals surface area contributed by atoms with Crippen molar-refractivity contribution in [2.45, 2.75) is 44.8 Å². The monoisotopic (exact) mass is 244 g/mol. The Morgan fingerprint density at radius 3 is 2.56 bits per heavy atom. The molecule has 1 aromatic rings. The van der Waals surface area contributed by atoms with Crippen LogP contribution in [0.15, 0.2) is 24.3 Å². The molecule has 96 valence electrons. The van der Waals surface area contributed by atoms with Crippen molar-refractivity contribution < 1.29 is 5.11 Å². The standard InChI is InChI=1S/C15H20N2O/c1-2-15(18)12-4-6-13(7-5-12)17(11-3-10-16)14-8-9-14/h4-7,14-15,18H,2-3,8-9,11H2,1H3/t15-/m0/s1. The Hall–Kier alpha value is -1.53. The van der Waals surface area contributed by atoms with E-state index in [1.165, 1.54) is 18.5 Å². The number of aliphatic hydroxyl groups is 1. The van der Waals surface area contributed by atoms with Crippen LogP contribution in [0.3, 0.4) is 0 Å². The Balaban J connectivity index is 2.08. The van der Waals surface area contributed by atoms with Crippen LogP contribution >= 0.6 is 0 Å². The van der Waals surface area contributed by atoms with E-state index in [0.29, 0.717) is 12.5 Å². The molecule has 0 spiro atoms. The van der Waals surface area contributed by atoms with Gasteiger partial charge in [0, 0.05) is 18.3 Å². The van der Waals surface area contributed by atoms with Gasteiger partial charge < -0.3 is 10.0 Å². The molecule has 1 aliphatic rings. The van der Waals surface area contributed by atoms with Gasteiger partial charge in [-0.3, -0.25) is 0 Å². The first-order valence-electron chi connectivity index (χ1n) is 6.68. The number of hydrogen-bond donors (Lipinski definition) is 1. The van der Waals surface area contributed by atoms with E-state index in [9.17, 15) is 5.11 Å². The number of nitrogens with zero attached hydrogens (tertiary/aromatic N) is 2. The first kappa shape index (κ1) is 12.9. The summed E-state index contributed by atoms with van der Waals surface area (Å²) in [5.74, 6) is 0. The molecular formula is C15H20N2O. The largest absolute Gasteiger partial charge is 0.388 e. The second-order valence-electron chi connectivity index (χ2n) is 4.85. The van der Waals surface area contributed by atoms with Crippen LogP contribution in [0.2, 0.25) is 0 Å². The minimum absolute atomic E-state index is 0.368. The molecule has 3 nitrogen and oxygen atoms in total. The van der Waals surface area contributed by atoms with Crippen LogP contribution < -0.4 is 4.90 Å². The maximum atomic E-state index is 9.77. The third-order valence-corrected chi connectivity index (χ3v) is 3.45. The molecule has 0 saturated heterocycles. The third kappa shape index (κ3) is 3.02. The van der Waals surface area contributed by atoms with E-state index in [1.807, 2.05) is 19.1 Å². The van der Waals surface area contributed by atoms with Crippen LogP contribution in [0.1, 0.15) is 44.3 Å². The second kappa shape index (κ2) is 5.88. The molecule has 0 bridgehead atoms. The topological polar surface area (TPSA) is 47.3 Å². The van der Waals surface area contributed by atoms with Gasteiger partial charge in [0.05, 0.1) is 18.6 Å². The number of anilines is 1. The van der Waals surface area contributed by atoms with Gasteiger partial charge in [-0.05, 0) is 37.0 Å². The number of hydrogen-bond acceptors (Lipinski definition) is 3. The molecule has 1 aliphatic carbocycles. The molecule has 0 amide bonds. The summed E-state index contributed by atoms with van der Waals surface area (Å²) >= 11 is 0. The molecule has 0 unspecified atom stereocenters. The lowest BCUT2D eigenvalue weighted by molar-refractivity contribution is 0.173. The lowest BCUT2D eigenvalue weighted by atomic mass is 10.1. The summed E-state index contributed by atoms with van der Waals surface area (Å²) < 4.78 is 0. The van der Waals surface area contributed by atoms with Crippen molar-refractivity contribution >= 4 is 5.69 Å². The lowest BCUT2D eigenvalue weighted by Gasteiger charge is -2.24. The zero-order valence-electron chi connectivity index (χ0n) is 10.8. The molecule has 1 saturated carbocycles. The van der Waals surface area contributed by atoms with Gasteiger partial charge >= 0.3 is 0 Å². The summed E-state index contributed by atoms with van der Waals surface area (Å²) in [5, 5.41) is 18.5. The van der Waals surface area contributed by atoms with Crippen molar-refractivity contribution in [2.24, 2.45) is 0 Å². The molecule has 1 aromatic carbocycles. The first-order chi connectivity index (χ1) is 8.76. The molecule has 3 heteroatoms. The first-order valence-corrected chi connectivity index (χ1v) is 6.68. The number of nitriles is 1. The van der Waals surface area contributed by atoms with E-state index < -0.39 is 0 Å². The highest BCUT2D eigenvalue weighted by Crippen LogP contribution is 2.32. The highest BCUT2D eigenvalue weighted by Gasteiger charge is 2.28. The smallest absolute Gasteiger partial charge is 0.0787 e. The predicted octanol–water partition coefficient (Wildman–Crippen LogP) is 3.01. The highest BCUT2D eigenvalue weighted by molar-refractivity contribution is 5.50.